The van der Waals surface area contributed by atoms with Crippen LogP contribution in [0.2, 0.25) is 0 Å². The fraction of sp³-hybridized carbons (Fsp3) is 0.375. The van der Waals surface area contributed by atoms with Crippen molar-refractivity contribution in [3.05, 3.63) is 48.5 Å². The van der Waals surface area contributed by atoms with E-state index in [1.54, 1.807) is 12.5 Å². The van der Waals surface area contributed by atoms with E-state index in [0.717, 1.165) is 43.5 Å². The number of carbonyl (C=O) groups is 1. The number of amides is 1. The number of benzene rings is 1. The summed E-state index contributed by atoms with van der Waals surface area (Å²) in [5, 5.41) is 2.96. The number of anilines is 1. The van der Waals surface area contributed by atoms with Crippen LogP contribution in [0.15, 0.2) is 43.0 Å². The lowest BCUT2D eigenvalue weighted by Crippen LogP contribution is -2.48. The molecule has 3 rings (SSSR count). The van der Waals surface area contributed by atoms with E-state index in [2.05, 4.69) is 10.3 Å². The molecule has 0 spiro atoms. The van der Waals surface area contributed by atoms with Crippen molar-refractivity contribution in [1.82, 2.24) is 9.55 Å². The van der Waals surface area contributed by atoms with Crippen LogP contribution in [0, 0.1) is 0 Å². The van der Waals surface area contributed by atoms with Crippen LogP contribution in [0.3, 0.4) is 0 Å². The number of aromatic nitrogens is 2. The van der Waals surface area contributed by atoms with Gasteiger partial charge in [-0.3, -0.25) is 4.79 Å². The maximum Gasteiger partial charge on any atom is 0.244 e. The van der Waals surface area contributed by atoms with Crippen molar-refractivity contribution < 1.29 is 4.79 Å². The molecule has 1 aromatic heterocycles. The van der Waals surface area contributed by atoms with E-state index in [9.17, 15) is 4.79 Å². The Balaban J connectivity index is 1.69. The minimum absolute atomic E-state index is 0.0696. The second-order valence-electron chi connectivity index (χ2n) is 5.75. The maximum atomic E-state index is 12.3. The first-order valence-corrected chi connectivity index (χ1v) is 7.31. The number of hydrogen-bond acceptors (Lipinski definition) is 3. The van der Waals surface area contributed by atoms with Crippen molar-refractivity contribution in [1.29, 1.82) is 0 Å². The monoisotopic (exact) mass is 284 g/mol. The van der Waals surface area contributed by atoms with E-state index in [0.29, 0.717) is 0 Å². The Morgan fingerprint density at radius 2 is 2.19 bits per heavy atom. The molecule has 3 N–H and O–H groups in total. The van der Waals surface area contributed by atoms with Gasteiger partial charge in [0.15, 0.2) is 0 Å². The molecule has 5 nitrogen and oxygen atoms in total. The summed E-state index contributed by atoms with van der Waals surface area (Å²) < 4.78 is 1.99. The van der Waals surface area contributed by atoms with E-state index in [1.807, 2.05) is 35.0 Å². The molecule has 0 bridgehead atoms. The van der Waals surface area contributed by atoms with Gasteiger partial charge >= 0.3 is 0 Å². The predicted octanol–water partition coefficient (Wildman–Crippen LogP) is 2.14. The molecular weight excluding hydrogens is 264 g/mol. The summed E-state index contributed by atoms with van der Waals surface area (Å²) >= 11 is 0. The van der Waals surface area contributed by atoms with Gasteiger partial charge in [0, 0.05) is 24.6 Å². The molecule has 0 radical (unpaired) electrons. The van der Waals surface area contributed by atoms with Crippen LogP contribution in [0.4, 0.5) is 5.69 Å². The standard InChI is InChI=1S/C16H20N4O/c17-16(6-1-2-7-16)15(21)19-14-5-3-4-13(10-14)11-20-9-8-18-12-20/h3-5,8-10,12H,1-2,6-7,11,17H2,(H,19,21). The first-order chi connectivity index (χ1) is 10.2. The lowest BCUT2D eigenvalue weighted by molar-refractivity contribution is -0.121. The largest absolute Gasteiger partial charge is 0.333 e. The average Bonchev–Trinajstić information content (AvgIpc) is 3.12. The van der Waals surface area contributed by atoms with E-state index in [4.69, 9.17) is 5.73 Å². The SMILES string of the molecule is NC1(C(=O)Nc2cccc(Cn3ccnc3)c2)CCCC1. The molecule has 1 aliphatic rings. The van der Waals surface area contributed by atoms with E-state index >= 15 is 0 Å². The molecule has 1 saturated carbocycles. The van der Waals surface area contributed by atoms with Crippen LogP contribution in [0.1, 0.15) is 31.2 Å². The van der Waals surface area contributed by atoms with E-state index < -0.39 is 5.54 Å². The molecular formula is C16H20N4O. The number of imidazole rings is 1. The molecule has 21 heavy (non-hydrogen) atoms. The zero-order valence-corrected chi connectivity index (χ0v) is 12.0. The van der Waals surface area contributed by atoms with Crippen molar-refractivity contribution in [2.75, 3.05) is 5.32 Å². The fourth-order valence-corrected chi connectivity index (χ4v) is 2.83. The normalized spacial score (nSPS) is 16.8. The quantitative estimate of drug-likeness (QED) is 0.903. The van der Waals surface area contributed by atoms with Gasteiger partial charge in [-0.15, -0.1) is 0 Å². The van der Waals surface area contributed by atoms with Crippen LogP contribution < -0.4 is 11.1 Å². The molecule has 2 aromatic rings. The smallest absolute Gasteiger partial charge is 0.244 e. The summed E-state index contributed by atoms with van der Waals surface area (Å²) in [6.07, 6.45) is 9.05. The third kappa shape index (κ3) is 3.13. The number of rotatable bonds is 4. The lowest BCUT2D eigenvalue weighted by atomic mass is 9.98. The lowest BCUT2D eigenvalue weighted by Gasteiger charge is -2.22. The Morgan fingerprint density at radius 3 is 2.90 bits per heavy atom. The summed E-state index contributed by atoms with van der Waals surface area (Å²) in [4.78, 5) is 16.3. The summed E-state index contributed by atoms with van der Waals surface area (Å²) in [5.74, 6) is -0.0696. The van der Waals surface area contributed by atoms with Gasteiger partial charge in [-0.05, 0) is 30.5 Å². The van der Waals surface area contributed by atoms with Gasteiger partial charge in [0.05, 0.1) is 11.9 Å². The minimum Gasteiger partial charge on any atom is -0.333 e. The topological polar surface area (TPSA) is 72.9 Å². The van der Waals surface area contributed by atoms with Crippen molar-refractivity contribution in [2.24, 2.45) is 5.73 Å². The molecule has 0 atom stereocenters. The van der Waals surface area contributed by atoms with Crippen molar-refractivity contribution in [3.63, 3.8) is 0 Å². The third-order valence-electron chi connectivity index (χ3n) is 4.06. The Kier molecular flexibility index (Phi) is 3.75. The molecule has 1 amide bonds. The first kappa shape index (κ1) is 13.8. The first-order valence-electron chi connectivity index (χ1n) is 7.31. The zero-order valence-electron chi connectivity index (χ0n) is 12.0. The Bertz CT molecular complexity index is 615. The third-order valence-corrected chi connectivity index (χ3v) is 4.06. The van der Waals surface area contributed by atoms with Crippen LogP contribution in [-0.4, -0.2) is 21.0 Å². The molecule has 110 valence electrons. The molecule has 1 aliphatic carbocycles. The highest BCUT2D eigenvalue weighted by molar-refractivity contribution is 5.98. The van der Waals surface area contributed by atoms with Gasteiger partial charge in [0.25, 0.3) is 0 Å². The van der Waals surface area contributed by atoms with Crippen molar-refractivity contribution >= 4 is 11.6 Å². The van der Waals surface area contributed by atoms with Crippen LogP contribution in [-0.2, 0) is 11.3 Å². The molecule has 0 aliphatic heterocycles. The highest BCUT2D eigenvalue weighted by atomic mass is 16.2. The van der Waals surface area contributed by atoms with Gasteiger partial charge in [-0.2, -0.15) is 0 Å². The molecule has 0 unspecified atom stereocenters. The maximum absolute atomic E-state index is 12.3. The van der Waals surface area contributed by atoms with E-state index in [1.165, 1.54) is 0 Å². The minimum atomic E-state index is -0.694. The number of nitrogens with two attached hydrogens (primary N) is 1. The fourth-order valence-electron chi connectivity index (χ4n) is 2.83. The Morgan fingerprint density at radius 1 is 1.38 bits per heavy atom. The zero-order chi connectivity index (χ0) is 14.7. The Hall–Kier alpha value is -2.14. The number of carbonyl (C=O) groups excluding carboxylic acids is 1. The van der Waals surface area contributed by atoms with Gasteiger partial charge in [0.2, 0.25) is 5.91 Å². The van der Waals surface area contributed by atoms with E-state index in [-0.39, 0.29) is 5.91 Å². The van der Waals surface area contributed by atoms with Crippen LogP contribution >= 0.6 is 0 Å². The van der Waals surface area contributed by atoms with Gasteiger partial charge in [-0.1, -0.05) is 25.0 Å². The van der Waals surface area contributed by atoms with Crippen LogP contribution in [0.25, 0.3) is 0 Å². The highest BCUT2D eigenvalue weighted by Crippen LogP contribution is 2.28. The molecule has 1 fully saturated rings. The summed E-state index contributed by atoms with van der Waals surface area (Å²) in [5.41, 5.74) is 7.39. The van der Waals surface area contributed by atoms with Crippen molar-refractivity contribution in [3.8, 4) is 0 Å². The predicted molar refractivity (Wildman–Crippen MR) is 81.8 cm³/mol. The molecule has 1 heterocycles. The van der Waals surface area contributed by atoms with Gasteiger partial charge in [-0.25, -0.2) is 4.98 Å². The van der Waals surface area contributed by atoms with Crippen LogP contribution in [0.5, 0.6) is 0 Å². The average molecular weight is 284 g/mol. The summed E-state index contributed by atoms with van der Waals surface area (Å²) in [7, 11) is 0. The number of nitrogens with zero attached hydrogens (tertiary/aromatic N) is 2. The number of hydrogen-bond donors (Lipinski definition) is 2. The molecule has 1 aromatic carbocycles. The summed E-state index contributed by atoms with van der Waals surface area (Å²) in [6, 6.07) is 7.85. The van der Waals surface area contributed by atoms with Gasteiger partial charge in [0.1, 0.15) is 0 Å². The highest BCUT2D eigenvalue weighted by Gasteiger charge is 2.36. The second kappa shape index (κ2) is 5.69. The van der Waals surface area contributed by atoms with Gasteiger partial charge < -0.3 is 15.6 Å². The molecule has 5 heteroatoms. The molecule has 0 saturated heterocycles. The number of nitrogens with one attached hydrogen (secondary N) is 1. The summed E-state index contributed by atoms with van der Waals surface area (Å²) in [6.45, 7) is 0.734. The van der Waals surface area contributed by atoms with Crippen molar-refractivity contribution in [2.45, 2.75) is 37.8 Å². The Labute approximate surface area is 124 Å². The second-order valence-corrected chi connectivity index (χ2v) is 5.75.